The lowest BCUT2D eigenvalue weighted by Gasteiger charge is -2.32. The van der Waals surface area contributed by atoms with E-state index in [4.69, 9.17) is 0 Å². The highest BCUT2D eigenvalue weighted by Crippen LogP contribution is 2.66. The van der Waals surface area contributed by atoms with Crippen LogP contribution in [-0.4, -0.2) is 4.57 Å². The molecule has 0 radical (unpaired) electrons. The predicted molar refractivity (Wildman–Crippen MR) is 320 cm³/mol. The molecule has 17 rings (SSSR count). The van der Waals surface area contributed by atoms with Gasteiger partial charge in [-0.05, 0) is 155 Å². The lowest BCUT2D eigenvalue weighted by Crippen LogP contribution is -2.26. The van der Waals surface area contributed by atoms with Crippen LogP contribution in [0.25, 0.3) is 82.8 Å². The first-order valence-electron chi connectivity index (χ1n) is 27.2. The van der Waals surface area contributed by atoms with Crippen molar-refractivity contribution in [3.8, 4) is 50.2 Å². The second kappa shape index (κ2) is 15.5. The lowest BCUT2D eigenvalue weighted by molar-refractivity contribution is 0.659. The van der Waals surface area contributed by atoms with Gasteiger partial charge in [0, 0.05) is 44.6 Å². The monoisotopic (exact) mass is 978 g/mol. The third-order valence-corrected chi connectivity index (χ3v) is 18.2. The molecule has 4 aliphatic rings. The summed E-state index contributed by atoms with van der Waals surface area (Å²) in [6.07, 6.45) is 0. The van der Waals surface area contributed by atoms with Gasteiger partial charge < -0.3 is 9.47 Å². The van der Waals surface area contributed by atoms with E-state index in [1.807, 2.05) is 0 Å². The Labute approximate surface area is 448 Å². The van der Waals surface area contributed by atoms with Crippen LogP contribution < -0.4 is 4.90 Å². The number of hydrogen-bond acceptors (Lipinski definition) is 1. The molecule has 1 spiro atoms. The van der Waals surface area contributed by atoms with E-state index in [0.29, 0.717) is 0 Å². The fourth-order valence-electron chi connectivity index (χ4n) is 15.1. The number of benzene rings is 12. The molecule has 1 atom stereocenters. The largest absolute Gasteiger partial charge is 0.309 e. The highest BCUT2D eigenvalue weighted by atomic mass is 15.2. The molecule has 13 aromatic rings. The fraction of sp³-hybridized carbons (Fsp3) is 0.0667. The summed E-state index contributed by atoms with van der Waals surface area (Å²) in [6, 6.07) is 99.1. The number of aromatic nitrogens is 1. The predicted octanol–water partition coefficient (Wildman–Crippen LogP) is 19.2. The normalized spacial score (nSPS) is 15.2. The zero-order valence-corrected chi connectivity index (χ0v) is 42.8. The fourth-order valence-corrected chi connectivity index (χ4v) is 15.1. The van der Waals surface area contributed by atoms with Gasteiger partial charge in [0.25, 0.3) is 0 Å². The Kier molecular flexibility index (Phi) is 8.64. The van der Waals surface area contributed by atoms with Gasteiger partial charge in [0.2, 0.25) is 0 Å². The number of anilines is 3. The Morgan fingerprint density at radius 2 is 0.909 bits per heavy atom. The maximum atomic E-state index is 2.64. The van der Waals surface area contributed by atoms with Gasteiger partial charge in [0.05, 0.1) is 27.8 Å². The standard InChI is InChI=1S/C75H50N2/c1-74(2)61-30-13-8-24-51(61)54-40-38-48(44-66(54)74)71-57-29-18-36-69(72(57)60-43-47-21-7-6-20-46(47)42-59(60)71)77(50-39-41-68-58(45-50)55-27-12-17-35-67(55)76(68)49-22-4-3-5-23-49)70-37-19-34-65-73(70)56-28-11-16-33-64(56)75(65)62-31-14-9-25-52(62)53-26-10-15-32-63(53)75/h3-45,71H,1-2H3. The SMILES string of the molecule is CC1(C)c2ccccc2-c2ccc(C3c4cc5ccccc5cc4-c4c3cccc4N(c3ccc4c(c3)c3ccccc3n4-c3ccccc3)c3cccc4c3-c3ccccc3C43c4ccccc4-c4ccccc43)cc21. The molecule has 0 aliphatic heterocycles. The van der Waals surface area contributed by atoms with Crippen LogP contribution in [0.3, 0.4) is 0 Å². The summed E-state index contributed by atoms with van der Waals surface area (Å²) in [7, 11) is 0. The van der Waals surface area contributed by atoms with E-state index in [9.17, 15) is 0 Å². The minimum Gasteiger partial charge on any atom is -0.309 e. The van der Waals surface area contributed by atoms with E-state index < -0.39 is 5.41 Å². The van der Waals surface area contributed by atoms with E-state index in [1.165, 1.54) is 133 Å². The van der Waals surface area contributed by atoms with Gasteiger partial charge in [-0.1, -0.05) is 214 Å². The first-order valence-corrected chi connectivity index (χ1v) is 27.2. The minimum absolute atomic E-state index is 0.0134. The Morgan fingerprint density at radius 3 is 1.66 bits per heavy atom. The maximum Gasteiger partial charge on any atom is 0.0726 e. The molecule has 0 amide bonds. The number of nitrogens with zero attached hydrogens (tertiary/aromatic N) is 2. The van der Waals surface area contributed by atoms with Crippen LogP contribution in [-0.2, 0) is 10.8 Å². The van der Waals surface area contributed by atoms with Crippen molar-refractivity contribution in [1.82, 2.24) is 4.57 Å². The average Bonchev–Trinajstić information content (AvgIpc) is 3.59. The van der Waals surface area contributed by atoms with Crippen molar-refractivity contribution < 1.29 is 0 Å². The molecule has 0 bridgehead atoms. The molecule has 2 nitrogen and oxygen atoms in total. The zero-order chi connectivity index (χ0) is 50.7. The quantitative estimate of drug-likeness (QED) is 0.167. The Bertz CT molecular complexity index is 4640. The van der Waals surface area contributed by atoms with Crippen molar-refractivity contribution in [2.24, 2.45) is 0 Å². The van der Waals surface area contributed by atoms with Crippen LogP contribution >= 0.6 is 0 Å². The van der Waals surface area contributed by atoms with E-state index >= 15 is 0 Å². The molecule has 0 saturated carbocycles. The summed E-state index contributed by atoms with van der Waals surface area (Å²) >= 11 is 0. The van der Waals surface area contributed by atoms with Crippen molar-refractivity contribution >= 4 is 49.6 Å². The molecular formula is C75H50N2. The first-order chi connectivity index (χ1) is 38.0. The van der Waals surface area contributed by atoms with E-state index in [1.54, 1.807) is 0 Å². The molecule has 1 aromatic heterocycles. The molecule has 360 valence electrons. The molecule has 0 saturated heterocycles. The summed E-state index contributed by atoms with van der Waals surface area (Å²) in [5.74, 6) is 0.0134. The average molecular weight is 979 g/mol. The molecule has 4 aliphatic carbocycles. The Hall–Kier alpha value is -9.50. The molecule has 2 heteroatoms. The Balaban J connectivity index is 0.968. The highest BCUT2D eigenvalue weighted by Gasteiger charge is 2.52. The van der Waals surface area contributed by atoms with E-state index in [-0.39, 0.29) is 11.3 Å². The van der Waals surface area contributed by atoms with Crippen molar-refractivity contribution in [2.45, 2.75) is 30.6 Å². The lowest BCUT2D eigenvalue weighted by atomic mass is 9.70. The van der Waals surface area contributed by atoms with Crippen LogP contribution in [0.2, 0.25) is 0 Å². The molecule has 1 unspecified atom stereocenters. The second-order valence-corrected chi connectivity index (χ2v) is 22.2. The smallest absolute Gasteiger partial charge is 0.0726 e. The van der Waals surface area contributed by atoms with Crippen molar-refractivity contribution in [3.63, 3.8) is 0 Å². The third kappa shape index (κ3) is 5.59. The maximum absolute atomic E-state index is 2.64. The van der Waals surface area contributed by atoms with Crippen LogP contribution in [0, 0.1) is 0 Å². The van der Waals surface area contributed by atoms with Crippen molar-refractivity contribution in [1.29, 1.82) is 0 Å². The van der Waals surface area contributed by atoms with Gasteiger partial charge in [-0.15, -0.1) is 0 Å². The van der Waals surface area contributed by atoms with Gasteiger partial charge in [0.15, 0.2) is 0 Å². The van der Waals surface area contributed by atoms with Gasteiger partial charge in [-0.2, -0.15) is 0 Å². The Morgan fingerprint density at radius 1 is 0.351 bits per heavy atom. The molecule has 12 aromatic carbocycles. The number of para-hydroxylation sites is 2. The summed E-state index contributed by atoms with van der Waals surface area (Å²) in [5, 5.41) is 4.95. The third-order valence-electron chi connectivity index (χ3n) is 18.2. The van der Waals surface area contributed by atoms with Crippen molar-refractivity contribution in [3.05, 3.63) is 311 Å². The molecule has 0 N–H and O–H groups in total. The topological polar surface area (TPSA) is 8.17 Å². The highest BCUT2D eigenvalue weighted by molar-refractivity contribution is 6.12. The van der Waals surface area contributed by atoms with Gasteiger partial charge in [-0.3, -0.25) is 0 Å². The van der Waals surface area contributed by atoms with Crippen LogP contribution in [0.4, 0.5) is 17.1 Å². The van der Waals surface area contributed by atoms with Gasteiger partial charge in [-0.25, -0.2) is 0 Å². The van der Waals surface area contributed by atoms with E-state index in [2.05, 4.69) is 284 Å². The minimum atomic E-state index is -0.496. The van der Waals surface area contributed by atoms with Gasteiger partial charge in [0.1, 0.15) is 0 Å². The summed E-state index contributed by atoms with van der Waals surface area (Å²) in [6.45, 7) is 4.80. The van der Waals surface area contributed by atoms with E-state index in [0.717, 1.165) is 17.1 Å². The number of hydrogen-bond donors (Lipinski definition) is 0. The first kappa shape index (κ1) is 42.8. The van der Waals surface area contributed by atoms with Crippen molar-refractivity contribution in [2.75, 3.05) is 4.90 Å². The molecule has 77 heavy (non-hydrogen) atoms. The zero-order valence-electron chi connectivity index (χ0n) is 42.8. The van der Waals surface area contributed by atoms with Gasteiger partial charge >= 0.3 is 0 Å². The number of fused-ring (bicyclic) bond motifs is 20. The summed E-state index contributed by atoms with van der Waals surface area (Å²) in [5.41, 5.74) is 28.9. The van der Waals surface area contributed by atoms with Crippen LogP contribution in [0.5, 0.6) is 0 Å². The summed E-state index contributed by atoms with van der Waals surface area (Å²) < 4.78 is 2.43. The second-order valence-electron chi connectivity index (χ2n) is 22.2. The van der Waals surface area contributed by atoms with Crippen LogP contribution in [0.15, 0.2) is 261 Å². The number of rotatable bonds is 5. The molecular weight excluding hydrogens is 929 g/mol. The molecule has 0 fully saturated rings. The van der Waals surface area contributed by atoms with Crippen LogP contribution in [0.1, 0.15) is 69.8 Å². The molecule has 1 heterocycles. The summed E-state index contributed by atoms with van der Waals surface area (Å²) in [4.78, 5) is 2.64.